The van der Waals surface area contributed by atoms with Gasteiger partial charge in [0, 0.05) is 5.92 Å². The van der Waals surface area contributed by atoms with Crippen molar-refractivity contribution >= 4 is 5.97 Å². The second-order valence-electron chi connectivity index (χ2n) is 6.89. The van der Waals surface area contributed by atoms with Crippen LogP contribution in [0.2, 0.25) is 0 Å². The molecule has 0 aromatic rings. The second kappa shape index (κ2) is 7.26. The molecule has 1 saturated heterocycles. The predicted octanol–water partition coefficient (Wildman–Crippen LogP) is 1.84. The summed E-state index contributed by atoms with van der Waals surface area (Å²) in [5.74, 6) is 1.62. The van der Waals surface area contributed by atoms with Crippen LogP contribution in [0.4, 0.5) is 0 Å². The number of quaternary nitrogens is 1. The van der Waals surface area contributed by atoms with Gasteiger partial charge in [-0.3, -0.25) is 0 Å². The van der Waals surface area contributed by atoms with Gasteiger partial charge in [0.05, 0.1) is 19.7 Å². The van der Waals surface area contributed by atoms with E-state index in [0.717, 1.165) is 19.5 Å². The number of ether oxygens (including phenoxy) is 1. The van der Waals surface area contributed by atoms with Crippen LogP contribution in [0.1, 0.15) is 46.5 Å². The van der Waals surface area contributed by atoms with Crippen molar-refractivity contribution in [3.05, 3.63) is 11.6 Å². The van der Waals surface area contributed by atoms with E-state index in [1.807, 2.05) is 0 Å². The number of piperidine rings is 1. The molecule has 0 saturated carbocycles. The standard InChI is InChI=1S/C17H29NO2/c1-13-9-14(2)16(15(3)10-13)12-20-17(19)11-18-7-5-4-6-8-18/h9,14-16H,4-8,10-12H2,1-3H3/p+1/t14-,15-,16+/m1/s1. The molecule has 1 fully saturated rings. The van der Waals surface area contributed by atoms with Crippen LogP contribution in [0.3, 0.4) is 0 Å². The van der Waals surface area contributed by atoms with E-state index >= 15 is 0 Å². The van der Waals surface area contributed by atoms with Crippen LogP contribution >= 0.6 is 0 Å². The Bertz CT molecular complexity index is 358. The largest absolute Gasteiger partial charge is 0.461 e. The Morgan fingerprint density at radius 3 is 2.65 bits per heavy atom. The molecular weight excluding hydrogens is 250 g/mol. The summed E-state index contributed by atoms with van der Waals surface area (Å²) in [5.41, 5.74) is 1.48. The van der Waals surface area contributed by atoms with E-state index < -0.39 is 0 Å². The lowest BCUT2D eigenvalue weighted by Gasteiger charge is -2.32. The number of allylic oxidation sites excluding steroid dienone is 2. The highest BCUT2D eigenvalue weighted by Crippen LogP contribution is 2.33. The molecule has 0 bridgehead atoms. The zero-order valence-corrected chi connectivity index (χ0v) is 13.3. The first kappa shape index (κ1) is 15.6. The molecule has 1 aliphatic carbocycles. The van der Waals surface area contributed by atoms with E-state index in [0.29, 0.717) is 30.9 Å². The van der Waals surface area contributed by atoms with Crippen LogP contribution < -0.4 is 4.90 Å². The van der Waals surface area contributed by atoms with Crippen molar-refractivity contribution < 1.29 is 14.4 Å². The van der Waals surface area contributed by atoms with Gasteiger partial charge in [0.15, 0.2) is 6.54 Å². The summed E-state index contributed by atoms with van der Waals surface area (Å²) < 4.78 is 5.57. The van der Waals surface area contributed by atoms with Crippen molar-refractivity contribution in [2.45, 2.75) is 46.5 Å². The lowest BCUT2D eigenvalue weighted by molar-refractivity contribution is -0.897. The highest BCUT2D eigenvalue weighted by atomic mass is 16.5. The van der Waals surface area contributed by atoms with Gasteiger partial charge in [0.1, 0.15) is 0 Å². The average Bonchev–Trinajstić information content (AvgIpc) is 2.38. The Balaban J connectivity index is 1.75. The Kier molecular flexibility index (Phi) is 5.64. The zero-order chi connectivity index (χ0) is 14.5. The van der Waals surface area contributed by atoms with E-state index in [4.69, 9.17) is 4.74 Å². The third-order valence-electron chi connectivity index (χ3n) is 4.99. The molecule has 3 heteroatoms. The van der Waals surface area contributed by atoms with Gasteiger partial charge in [-0.15, -0.1) is 0 Å². The summed E-state index contributed by atoms with van der Waals surface area (Å²) in [7, 11) is 0. The van der Waals surface area contributed by atoms with Crippen molar-refractivity contribution in [1.82, 2.24) is 0 Å². The van der Waals surface area contributed by atoms with Crippen LogP contribution in [0.25, 0.3) is 0 Å². The Hall–Kier alpha value is -0.830. The Labute approximate surface area is 123 Å². The molecule has 1 N–H and O–H groups in total. The van der Waals surface area contributed by atoms with Gasteiger partial charge in [-0.1, -0.05) is 25.5 Å². The number of carbonyl (C=O) groups excluding carboxylic acids is 1. The van der Waals surface area contributed by atoms with E-state index in [2.05, 4.69) is 26.8 Å². The lowest BCUT2D eigenvalue weighted by Crippen LogP contribution is -3.13. The minimum Gasteiger partial charge on any atom is -0.461 e. The van der Waals surface area contributed by atoms with E-state index in [-0.39, 0.29) is 5.97 Å². The monoisotopic (exact) mass is 280 g/mol. The quantitative estimate of drug-likeness (QED) is 0.629. The maximum atomic E-state index is 12.0. The summed E-state index contributed by atoms with van der Waals surface area (Å²) in [6.45, 7) is 10.1. The molecule has 1 heterocycles. The van der Waals surface area contributed by atoms with Crippen LogP contribution in [-0.4, -0.2) is 32.2 Å². The fourth-order valence-electron chi connectivity index (χ4n) is 3.81. The van der Waals surface area contributed by atoms with E-state index in [9.17, 15) is 4.79 Å². The summed E-state index contributed by atoms with van der Waals surface area (Å²) >= 11 is 0. The molecule has 2 rings (SSSR count). The second-order valence-corrected chi connectivity index (χ2v) is 6.89. The van der Waals surface area contributed by atoms with Gasteiger partial charge in [-0.2, -0.15) is 0 Å². The highest BCUT2D eigenvalue weighted by molar-refractivity contribution is 5.70. The van der Waals surface area contributed by atoms with Gasteiger partial charge in [-0.25, -0.2) is 4.79 Å². The topological polar surface area (TPSA) is 30.7 Å². The van der Waals surface area contributed by atoms with Crippen molar-refractivity contribution in [2.75, 3.05) is 26.2 Å². The van der Waals surface area contributed by atoms with Gasteiger partial charge >= 0.3 is 5.97 Å². The molecule has 0 aromatic carbocycles. The molecule has 20 heavy (non-hydrogen) atoms. The molecule has 0 radical (unpaired) electrons. The van der Waals surface area contributed by atoms with Crippen molar-refractivity contribution in [3.8, 4) is 0 Å². The van der Waals surface area contributed by atoms with Crippen LogP contribution in [0, 0.1) is 17.8 Å². The average molecular weight is 280 g/mol. The number of esters is 1. The normalized spacial score (nSPS) is 31.8. The van der Waals surface area contributed by atoms with Gasteiger partial charge in [0.2, 0.25) is 0 Å². The van der Waals surface area contributed by atoms with Crippen molar-refractivity contribution in [3.63, 3.8) is 0 Å². The third-order valence-corrected chi connectivity index (χ3v) is 4.99. The van der Waals surface area contributed by atoms with Gasteiger partial charge in [0.25, 0.3) is 0 Å². The SMILES string of the molecule is CC1=C[C@@H](C)[C@H](COC(=O)C[NH+]2CCCCC2)[C@H](C)C1. The maximum Gasteiger partial charge on any atom is 0.361 e. The van der Waals surface area contributed by atoms with Crippen molar-refractivity contribution in [2.24, 2.45) is 17.8 Å². The van der Waals surface area contributed by atoms with E-state index in [1.54, 1.807) is 0 Å². The molecule has 0 spiro atoms. The molecule has 3 atom stereocenters. The first-order valence-corrected chi connectivity index (χ1v) is 8.22. The summed E-state index contributed by atoms with van der Waals surface area (Å²) in [6.07, 6.45) is 7.31. The van der Waals surface area contributed by atoms with Crippen molar-refractivity contribution in [1.29, 1.82) is 0 Å². The number of hydrogen-bond donors (Lipinski definition) is 1. The number of carbonyl (C=O) groups is 1. The maximum absolute atomic E-state index is 12.0. The van der Waals surface area contributed by atoms with Crippen LogP contribution in [0.15, 0.2) is 11.6 Å². The summed E-state index contributed by atoms with van der Waals surface area (Å²) in [4.78, 5) is 13.4. The minimum atomic E-state index is -0.00687. The molecule has 2 aliphatic rings. The van der Waals surface area contributed by atoms with Gasteiger partial charge < -0.3 is 9.64 Å². The fourth-order valence-corrected chi connectivity index (χ4v) is 3.81. The minimum absolute atomic E-state index is 0.00687. The molecule has 114 valence electrons. The lowest BCUT2D eigenvalue weighted by atomic mass is 9.75. The van der Waals surface area contributed by atoms with Crippen LogP contribution in [0.5, 0.6) is 0 Å². The summed E-state index contributed by atoms with van der Waals surface area (Å²) in [6, 6.07) is 0. The first-order valence-electron chi connectivity index (χ1n) is 8.22. The predicted molar refractivity (Wildman–Crippen MR) is 80.6 cm³/mol. The zero-order valence-electron chi connectivity index (χ0n) is 13.3. The first-order chi connectivity index (χ1) is 9.56. The third kappa shape index (κ3) is 4.34. The number of hydrogen-bond acceptors (Lipinski definition) is 2. The molecule has 1 aliphatic heterocycles. The number of likely N-dealkylation sites (tertiary alicyclic amines) is 1. The molecule has 3 nitrogen and oxygen atoms in total. The fraction of sp³-hybridized carbons (Fsp3) is 0.824. The molecular formula is C17H30NO2+. The molecule has 0 aromatic heterocycles. The summed E-state index contributed by atoms with van der Waals surface area (Å²) in [5, 5.41) is 0. The molecule has 0 amide bonds. The van der Waals surface area contributed by atoms with Crippen LogP contribution in [-0.2, 0) is 9.53 Å². The highest BCUT2D eigenvalue weighted by Gasteiger charge is 2.28. The Morgan fingerprint density at radius 1 is 1.30 bits per heavy atom. The number of rotatable bonds is 4. The number of nitrogens with one attached hydrogen (secondary N) is 1. The molecule has 0 unspecified atom stereocenters. The van der Waals surface area contributed by atoms with E-state index in [1.165, 1.54) is 29.7 Å². The Morgan fingerprint density at radius 2 is 2.00 bits per heavy atom. The van der Waals surface area contributed by atoms with Gasteiger partial charge in [-0.05, 0) is 44.4 Å². The smallest absolute Gasteiger partial charge is 0.361 e.